The van der Waals surface area contributed by atoms with Crippen molar-refractivity contribution in [2.45, 2.75) is 13.8 Å². The molecule has 0 rings (SSSR count). The SMILES string of the molecule is CC(C)(CN)CNC(=O)C(=O)O. The van der Waals surface area contributed by atoms with Crippen molar-refractivity contribution in [2.24, 2.45) is 11.1 Å². The van der Waals surface area contributed by atoms with Crippen molar-refractivity contribution >= 4 is 11.9 Å². The maximum Gasteiger partial charge on any atom is 0.394 e. The van der Waals surface area contributed by atoms with Crippen LogP contribution in [0.4, 0.5) is 0 Å². The van der Waals surface area contributed by atoms with Gasteiger partial charge in [0.15, 0.2) is 0 Å². The number of carbonyl (C=O) groups is 2. The molecule has 4 N–H and O–H groups in total. The summed E-state index contributed by atoms with van der Waals surface area (Å²) in [7, 11) is 0. The van der Waals surface area contributed by atoms with Crippen LogP contribution in [0.25, 0.3) is 0 Å². The van der Waals surface area contributed by atoms with E-state index in [2.05, 4.69) is 5.32 Å². The topological polar surface area (TPSA) is 92.4 Å². The van der Waals surface area contributed by atoms with Gasteiger partial charge in [0.1, 0.15) is 0 Å². The molecule has 0 radical (unpaired) electrons. The molecule has 0 aliphatic heterocycles. The van der Waals surface area contributed by atoms with Gasteiger partial charge in [0.25, 0.3) is 0 Å². The van der Waals surface area contributed by atoms with Crippen LogP contribution in [0.1, 0.15) is 13.8 Å². The molecule has 5 nitrogen and oxygen atoms in total. The van der Waals surface area contributed by atoms with Crippen molar-refractivity contribution < 1.29 is 14.7 Å². The third-order valence-electron chi connectivity index (χ3n) is 1.47. The fourth-order valence-electron chi connectivity index (χ4n) is 0.467. The van der Waals surface area contributed by atoms with E-state index in [9.17, 15) is 9.59 Å². The molecule has 70 valence electrons. The number of nitrogens with one attached hydrogen (secondary N) is 1. The van der Waals surface area contributed by atoms with Gasteiger partial charge in [-0.25, -0.2) is 4.79 Å². The Bertz CT molecular complexity index is 189. The summed E-state index contributed by atoms with van der Waals surface area (Å²) >= 11 is 0. The summed E-state index contributed by atoms with van der Waals surface area (Å²) in [5, 5.41) is 10.5. The van der Waals surface area contributed by atoms with Crippen LogP contribution in [0.5, 0.6) is 0 Å². The summed E-state index contributed by atoms with van der Waals surface area (Å²) in [5.74, 6) is -2.46. The van der Waals surface area contributed by atoms with Crippen LogP contribution in [-0.4, -0.2) is 30.1 Å². The number of hydrogen-bond donors (Lipinski definition) is 3. The average molecular weight is 174 g/mol. The van der Waals surface area contributed by atoms with Gasteiger partial charge in [-0.15, -0.1) is 0 Å². The molecule has 0 saturated heterocycles. The lowest BCUT2D eigenvalue weighted by molar-refractivity contribution is -0.150. The summed E-state index contributed by atoms with van der Waals surface area (Å²) in [5.41, 5.74) is 5.11. The average Bonchev–Trinajstić information content (AvgIpc) is 2.00. The fraction of sp³-hybridized carbons (Fsp3) is 0.714. The number of carboxylic acid groups (broad SMARTS) is 1. The summed E-state index contributed by atoms with van der Waals surface area (Å²) in [6.07, 6.45) is 0. The Kier molecular flexibility index (Phi) is 3.69. The van der Waals surface area contributed by atoms with Crippen LogP contribution >= 0.6 is 0 Å². The fourth-order valence-corrected chi connectivity index (χ4v) is 0.467. The molecule has 0 unspecified atom stereocenters. The Morgan fingerprint density at radius 3 is 2.33 bits per heavy atom. The van der Waals surface area contributed by atoms with Gasteiger partial charge in [0.05, 0.1) is 0 Å². The highest BCUT2D eigenvalue weighted by Crippen LogP contribution is 2.09. The van der Waals surface area contributed by atoms with Crippen molar-refractivity contribution in [3.63, 3.8) is 0 Å². The predicted molar refractivity (Wildman–Crippen MR) is 43.5 cm³/mol. The van der Waals surface area contributed by atoms with Crippen LogP contribution in [0.3, 0.4) is 0 Å². The number of aliphatic carboxylic acids is 1. The highest BCUT2D eigenvalue weighted by atomic mass is 16.4. The molecule has 0 aromatic carbocycles. The lowest BCUT2D eigenvalue weighted by Gasteiger charge is -2.21. The Labute approximate surface area is 70.9 Å². The maximum atomic E-state index is 10.6. The van der Waals surface area contributed by atoms with E-state index in [0.29, 0.717) is 6.54 Å². The first-order valence-corrected chi connectivity index (χ1v) is 3.60. The Hall–Kier alpha value is -1.10. The van der Waals surface area contributed by atoms with E-state index in [4.69, 9.17) is 10.8 Å². The number of carbonyl (C=O) groups excluding carboxylic acids is 1. The minimum atomic E-state index is -1.47. The molecule has 0 saturated carbocycles. The van der Waals surface area contributed by atoms with Gasteiger partial charge >= 0.3 is 11.9 Å². The molecule has 0 bridgehead atoms. The lowest BCUT2D eigenvalue weighted by Crippen LogP contribution is -2.41. The van der Waals surface area contributed by atoms with E-state index in [1.807, 2.05) is 13.8 Å². The predicted octanol–water partition coefficient (Wildman–Crippen LogP) is -0.828. The third-order valence-corrected chi connectivity index (χ3v) is 1.47. The molecule has 0 spiro atoms. The molecule has 0 aromatic heterocycles. The van der Waals surface area contributed by atoms with Gasteiger partial charge < -0.3 is 16.2 Å². The Morgan fingerprint density at radius 2 is 2.00 bits per heavy atom. The Balaban J connectivity index is 3.83. The van der Waals surface area contributed by atoms with Crippen molar-refractivity contribution in [1.82, 2.24) is 5.32 Å². The highest BCUT2D eigenvalue weighted by Gasteiger charge is 2.18. The number of carboxylic acids is 1. The van der Waals surface area contributed by atoms with Gasteiger partial charge in [-0.1, -0.05) is 13.8 Å². The van der Waals surface area contributed by atoms with Gasteiger partial charge in [-0.05, 0) is 12.0 Å². The zero-order valence-corrected chi connectivity index (χ0v) is 7.26. The van der Waals surface area contributed by atoms with Gasteiger partial charge in [0, 0.05) is 6.54 Å². The molecule has 0 atom stereocenters. The zero-order valence-electron chi connectivity index (χ0n) is 7.26. The number of nitrogens with two attached hydrogens (primary N) is 1. The van der Waals surface area contributed by atoms with Gasteiger partial charge in [0.2, 0.25) is 0 Å². The van der Waals surface area contributed by atoms with Crippen LogP contribution in [0, 0.1) is 5.41 Å². The highest BCUT2D eigenvalue weighted by molar-refractivity contribution is 6.31. The quantitative estimate of drug-likeness (QED) is 0.487. The van der Waals surface area contributed by atoms with E-state index in [1.54, 1.807) is 0 Å². The molecule has 0 aromatic rings. The van der Waals surface area contributed by atoms with Crippen LogP contribution in [-0.2, 0) is 9.59 Å². The summed E-state index contributed by atoms with van der Waals surface area (Å²) in [6.45, 7) is 4.35. The van der Waals surface area contributed by atoms with E-state index >= 15 is 0 Å². The molecule has 0 heterocycles. The minimum absolute atomic E-state index is 0.259. The van der Waals surface area contributed by atoms with E-state index in [1.165, 1.54) is 0 Å². The second-order valence-corrected chi connectivity index (χ2v) is 3.36. The minimum Gasteiger partial charge on any atom is -0.474 e. The molecule has 0 aliphatic rings. The van der Waals surface area contributed by atoms with Gasteiger partial charge in [-0.3, -0.25) is 4.79 Å². The monoisotopic (exact) mass is 174 g/mol. The first-order valence-electron chi connectivity index (χ1n) is 3.60. The third kappa shape index (κ3) is 3.92. The van der Waals surface area contributed by atoms with Crippen molar-refractivity contribution in [3.05, 3.63) is 0 Å². The number of amides is 1. The molecule has 0 aliphatic carbocycles. The molecule has 5 heteroatoms. The summed E-state index contributed by atoms with van der Waals surface area (Å²) in [4.78, 5) is 20.6. The van der Waals surface area contributed by atoms with Crippen LogP contribution in [0.15, 0.2) is 0 Å². The van der Waals surface area contributed by atoms with Crippen molar-refractivity contribution in [3.8, 4) is 0 Å². The molecule has 0 fully saturated rings. The van der Waals surface area contributed by atoms with Crippen molar-refractivity contribution in [1.29, 1.82) is 0 Å². The maximum absolute atomic E-state index is 10.6. The standard InChI is InChI=1S/C7H14N2O3/c1-7(2,3-8)4-9-5(10)6(11)12/h3-4,8H2,1-2H3,(H,9,10)(H,11,12). The molecular formula is C7H14N2O3. The number of hydrogen-bond acceptors (Lipinski definition) is 3. The smallest absolute Gasteiger partial charge is 0.394 e. The summed E-state index contributed by atoms with van der Waals surface area (Å²) in [6, 6.07) is 0. The molecular weight excluding hydrogens is 160 g/mol. The van der Waals surface area contributed by atoms with Crippen LogP contribution in [0.2, 0.25) is 0 Å². The Morgan fingerprint density at radius 1 is 1.50 bits per heavy atom. The number of rotatable bonds is 3. The first kappa shape index (κ1) is 10.9. The van der Waals surface area contributed by atoms with E-state index < -0.39 is 11.9 Å². The molecule has 12 heavy (non-hydrogen) atoms. The largest absolute Gasteiger partial charge is 0.474 e. The normalized spacial score (nSPS) is 10.9. The zero-order chi connectivity index (χ0) is 9.78. The van der Waals surface area contributed by atoms with E-state index in [-0.39, 0.29) is 12.0 Å². The molecule has 1 amide bonds. The van der Waals surface area contributed by atoms with Crippen molar-refractivity contribution in [2.75, 3.05) is 13.1 Å². The van der Waals surface area contributed by atoms with Gasteiger partial charge in [-0.2, -0.15) is 0 Å². The van der Waals surface area contributed by atoms with Crippen LogP contribution < -0.4 is 11.1 Å². The second kappa shape index (κ2) is 4.06. The first-order chi connectivity index (χ1) is 5.39. The summed E-state index contributed by atoms with van der Waals surface area (Å²) < 4.78 is 0. The lowest BCUT2D eigenvalue weighted by atomic mass is 9.94. The van der Waals surface area contributed by atoms with E-state index in [0.717, 1.165) is 0 Å². The second-order valence-electron chi connectivity index (χ2n) is 3.36.